The van der Waals surface area contributed by atoms with Crippen molar-refractivity contribution < 1.29 is 9.53 Å². The van der Waals surface area contributed by atoms with Crippen LogP contribution in [0.4, 0.5) is 0 Å². The van der Waals surface area contributed by atoms with Crippen LogP contribution >= 0.6 is 15.9 Å². The number of hydrogen-bond acceptors (Lipinski definition) is 3. The summed E-state index contributed by atoms with van der Waals surface area (Å²) in [7, 11) is 0. The molecule has 106 valence electrons. The average molecular weight is 329 g/mol. The maximum Gasteiger partial charge on any atom is 0.265 e. The van der Waals surface area contributed by atoms with Gasteiger partial charge in [-0.25, -0.2) is 5.84 Å². The van der Waals surface area contributed by atoms with Crippen molar-refractivity contribution in [1.82, 2.24) is 5.43 Å². The summed E-state index contributed by atoms with van der Waals surface area (Å²) >= 11 is 3.44. The molecule has 19 heavy (non-hydrogen) atoms. The fourth-order valence-electron chi connectivity index (χ4n) is 1.85. The summed E-state index contributed by atoms with van der Waals surface area (Å²) in [5.41, 5.74) is 3.65. The van der Waals surface area contributed by atoms with Gasteiger partial charge in [-0.3, -0.25) is 10.2 Å². The van der Waals surface area contributed by atoms with Crippen LogP contribution in [0.25, 0.3) is 0 Å². The van der Waals surface area contributed by atoms with Gasteiger partial charge in [0.05, 0.1) is 12.7 Å². The Labute approximate surface area is 122 Å². The summed E-state index contributed by atoms with van der Waals surface area (Å²) < 4.78 is 6.64. The van der Waals surface area contributed by atoms with Crippen molar-refractivity contribution in [1.29, 1.82) is 0 Å². The van der Waals surface area contributed by atoms with Crippen LogP contribution in [0.5, 0.6) is 0 Å². The van der Waals surface area contributed by atoms with Gasteiger partial charge in [0.2, 0.25) is 0 Å². The fraction of sp³-hybridized carbons (Fsp3) is 0.500. The van der Waals surface area contributed by atoms with Crippen molar-refractivity contribution in [2.24, 2.45) is 11.8 Å². The Morgan fingerprint density at radius 1 is 1.42 bits per heavy atom. The van der Waals surface area contributed by atoms with E-state index in [2.05, 4.69) is 42.1 Å². The second-order valence-electron chi connectivity index (χ2n) is 5.03. The number of amides is 1. The third kappa shape index (κ3) is 5.30. The van der Waals surface area contributed by atoms with Crippen LogP contribution in [0.1, 0.15) is 43.1 Å². The monoisotopic (exact) mass is 328 g/mol. The van der Waals surface area contributed by atoms with E-state index in [9.17, 15) is 4.79 Å². The predicted molar refractivity (Wildman–Crippen MR) is 79.5 cm³/mol. The van der Waals surface area contributed by atoms with Gasteiger partial charge < -0.3 is 4.74 Å². The zero-order chi connectivity index (χ0) is 14.4. The lowest BCUT2D eigenvalue weighted by Crippen LogP contribution is -2.29. The number of nitrogens with two attached hydrogens (primary N) is 1. The zero-order valence-corrected chi connectivity index (χ0v) is 13.2. The molecule has 0 aliphatic rings. The highest BCUT2D eigenvalue weighted by Crippen LogP contribution is 2.21. The Kier molecular flexibility index (Phi) is 6.48. The summed E-state index contributed by atoms with van der Waals surface area (Å²) in [5, 5.41) is 0. The van der Waals surface area contributed by atoms with Gasteiger partial charge in [-0.15, -0.1) is 0 Å². The quantitative estimate of drug-likeness (QED) is 0.479. The van der Waals surface area contributed by atoms with E-state index in [1.807, 2.05) is 6.07 Å². The van der Waals surface area contributed by atoms with Gasteiger partial charge in [-0.05, 0) is 37.0 Å². The first-order valence-electron chi connectivity index (χ1n) is 6.35. The number of ether oxygens (including phenoxy) is 1. The summed E-state index contributed by atoms with van der Waals surface area (Å²) in [6, 6.07) is 5.35. The van der Waals surface area contributed by atoms with Crippen molar-refractivity contribution in [2.75, 3.05) is 0 Å². The molecule has 1 atom stereocenters. The lowest BCUT2D eigenvalue weighted by atomic mass is 10.1. The third-order valence-electron chi connectivity index (χ3n) is 2.77. The van der Waals surface area contributed by atoms with Crippen molar-refractivity contribution in [3.63, 3.8) is 0 Å². The van der Waals surface area contributed by atoms with Gasteiger partial charge in [-0.1, -0.05) is 35.8 Å². The Morgan fingerprint density at radius 3 is 2.63 bits per heavy atom. The van der Waals surface area contributed by atoms with Crippen LogP contribution in [0, 0.1) is 5.92 Å². The molecule has 0 aliphatic heterocycles. The summed E-state index contributed by atoms with van der Waals surface area (Å²) in [6.07, 6.45) is 1.25. The lowest BCUT2D eigenvalue weighted by molar-refractivity contribution is 0.0394. The normalized spacial score (nSPS) is 12.5. The molecular formula is C14H21BrN2O2. The number of nitrogen functional groups attached to an aromatic ring is 1. The molecule has 0 saturated heterocycles. The molecule has 1 rings (SSSR count). The molecule has 1 unspecified atom stereocenters. The smallest absolute Gasteiger partial charge is 0.265 e. The molecule has 0 saturated carbocycles. The average Bonchev–Trinajstić information content (AvgIpc) is 2.35. The Morgan fingerprint density at radius 2 is 2.11 bits per heavy atom. The summed E-state index contributed by atoms with van der Waals surface area (Å²) in [4.78, 5) is 11.4. The van der Waals surface area contributed by atoms with Crippen molar-refractivity contribution >= 4 is 21.8 Å². The van der Waals surface area contributed by atoms with Gasteiger partial charge >= 0.3 is 0 Å². The van der Waals surface area contributed by atoms with E-state index < -0.39 is 0 Å². The second kappa shape index (κ2) is 7.62. The number of carbonyl (C=O) groups excluding carboxylic acids is 1. The van der Waals surface area contributed by atoms with Gasteiger partial charge in [0, 0.05) is 10.0 Å². The number of rotatable bonds is 6. The minimum Gasteiger partial charge on any atom is -0.374 e. The number of halogens is 1. The number of hydrogen-bond donors (Lipinski definition) is 2. The van der Waals surface area contributed by atoms with Crippen LogP contribution in [0.3, 0.4) is 0 Å². The number of benzene rings is 1. The highest BCUT2D eigenvalue weighted by atomic mass is 79.9. The van der Waals surface area contributed by atoms with Crippen LogP contribution < -0.4 is 11.3 Å². The molecule has 1 amide bonds. The topological polar surface area (TPSA) is 64.3 Å². The molecule has 5 heteroatoms. The highest BCUT2D eigenvalue weighted by molar-refractivity contribution is 9.10. The Bertz CT molecular complexity index is 435. The standard InChI is InChI=1S/C14H21BrN2O2/c1-9(2)6-10(3)19-8-12-5-4-11(7-13(12)15)14(18)17-16/h4-5,7,9-10H,6,8,16H2,1-3H3,(H,17,18). The van der Waals surface area contributed by atoms with Gasteiger partial charge in [0.1, 0.15) is 0 Å². The molecule has 0 spiro atoms. The van der Waals surface area contributed by atoms with Crippen molar-refractivity contribution in [2.45, 2.75) is 39.9 Å². The number of carbonyl (C=O) groups is 1. The molecule has 0 heterocycles. The molecule has 3 N–H and O–H groups in total. The minimum absolute atomic E-state index is 0.221. The molecule has 0 aromatic heterocycles. The van der Waals surface area contributed by atoms with E-state index in [1.54, 1.807) is 12.1 Å². The number of hydrazine groups is 1. The molecular weight excluding hydrogens is 308 g/mol. The van der Waals surface area contributed by atoms with Gasteiger partial charge in [0.15, 0.2) is 0 Å². The minimum atomic E-state index is -0.304. The molecule has 0 bridgehead atoms. The predicted octanol–water partition coefficient (Wildman–Crippen LogP) is 3.00. The van der Waals surface area contributed by atoms with Crippen LogP contribution in [-0.4, -0.2) is 12.0 Å². The molecule has 4 nitrogen and oxygen atoms in total. The maximum atomic E-state index is 11.4. The fourth-order valence-corrected chi connectivity index (χ4v) is 2.35. The van der Waals surface area contributed by atoms with Crippen LogP contribution in [0.2, 0.25) is 0 Å². The van der Waals surface area contributed by atoms with Gasteiger partial charge in [0.25, 0.3) is 5.91 Å². The van der Waals surface area contributed by atoms with Gasteiger partial charge in [-0.2, -0.15) is 0 Å². The second-order valence-corrected chi connectivity index (χ2v) is 5.89. The van der Waals surface area contributed by atoms with Crippen molar-refractivity contribution in [3.05, 3.63) is 33.8 Å². The molecule has 0 fully saturated rings. The summed E-state index contributed by atoms with van der Waals surface area (Å²) in [6.45, 7) is 6.95. The van der Waals surface area contributed by atoms with E-state index in [1.165, 1.54) is 0 Å². The largest absolute Gasteiger partial charge is 0.374 e. The lowest BCUT2D eigenvalue weighted by Gasteiger charge is -2.16. The Hall–Kier alpha value is -0.910. The molecule has 1 aromatic carbocycles. The van der Waals surface area contributed by atoms with Crippen molar-refractivity contribution in [3.8, 4) is 0 Å². The Balaban J connectivity index is 2.62. The molecule has 0 radical (unpaired) electrons. The van der Waals surface area contributed by atoms with E-state index in [0.717, 1.165) is 16.5 Å². The number of nitrogens with one attached hydrogen (secondary N) is 1. The maximum absolute atomic E-state index is 11.4. The van der Waals surface area contributed by atoms with Crippen LogP contribution in [0.15, 0.2) is 22.7 Å². The van der Waals surface area contributed by atoms with E-state index >= 15 is 0 Å². The van der Waals surface area contributed by atoms with E-state index in [-0.39, 0.29) is 12.0 Å². The van der Waals surface area contributed by atoms with E-state index in [0.29, 0.717) is 18.1 Å². The summed E-state index contributed by atoms with van der Waals surface area (Å²) in [5.74, 6) is 5.41. The third-order valence-corrected chi connectivity index (χ3v) is 3.51. The zero-order valence-electron chi connectivity index (χ0n) is 11.6. The first-order chi connectivity index (χ1) is 8.93. The van der Waals surface area contributed by atoms with Crippen LogP contribution in [-0.2, 0) is 11.3 Å². The SMILES string of the molecule is CC(C)CC(C)OCc1ccc(C(=O)NN)cc1Br. The molecule has 0 aliphatic carbocycles. The molecule has 1 aromatic rings. The first kappa shape index (κ1) is 16.1. The first-order valence-corrected chi connectivity index (χ1v) is 7.14. The van der Waals surface area contributed by atoms with E-state index in [4.69, 9.17) is 10.6 Å². The highest BCUT2D eigenvalue weighted by Gasteiger charge is 2.09.